The summed E-state index contributed by atoms with van der Waals surface area (Å²) in [6.07, 6.45) is 3.04. The van der Waals surface area contributed by atoms with Gasteiger partial charge < -0.3 is 19.4 Å². The van der Waals surface area contributed by atoms with Crippen molar-refractivity contribution in [3.8, 4) is 5.75 Å². The monoisotopic (exact) mass is 589 g/mol. The van der Waals surface area contributed by atoms with Crippen molar-refractivity contribution in [2.75, 3.05) is 53.9 Å². The van der Waals surface area contributed by atoms with E-state index in [0.29, 0.717) is 29.3 Å². The average Bonchev–Trinajstić information content (AvgIpc) is 3.29. The Morgan fingerprint density at radius 2 is 1.64 bits per heavy atom. The second-order valence-electron chi connectivity index (χ2n) is 9.47. The van der Waals surface area contributed by atoms with Crippen LogP contribution in [-0.4, -0.2) is 87.3 Å². The van der Waals surface area contributed by atoms with Gasteiger partial charge in [-0.3, -0.25) is 14.6 Å². The Bertz CT molecular complexity index is 1250. The Labute approximate surface area is 247 Å². The van der Waals surface area contributed by atoms with Crippen molar-refractivity contribution >= 4 is 23.2 Å². The number of allylic oxidation sites excluding steroid dienone is 4. The van der Waals surface area contributed by atoms with Crippen LogP contribution in [0, 0.1) is 0 Å². The van der Waals surface area contributed by atoms with Gasteiger partial charge in [-0.25, -0.2) is 0 Å². The Balaban J connectivity index is 0.00000135. The van der Waals surface area contributed by atoms with E-state index in [1.54, 1.807) is 55.6 Å². The lowest BCUT2D eigenvalue weighted by Crippen LogP contribution is -2.30. The third-order valence-electron chi connectivity index (χ3n) is 5.70. The number of hydrogen-bond acceptors (Lipinski definition) is 6. The molecule has 0 N–H and O–H groups in total. The van der Waals surface area contributed by atoms with Gasteiger partial charge in [0, 0.05) is 39.3 Å². The van der Waals surface area contributed by atoms with Crippen LogP contribution in [0.3, 0.4) is 0 Å². The standard InChI is InChI=1S/C26H27F3N4O3.C3H9N.C2H6/c1-18(34)31(2)20-8-5-9-22(11-10-20)33-16-6-7-19(17-24(33)35)25(26(27,28)29)30-32(3)21-12-14-23(36-4)15-13-21;1-4(2)3;1-2/h5,9-15,17H,6-7,16H2,1-4H3;1-3H3;1-2H3/b30-25+;;. The van der Waals surface area contributed by atoms with E-state index in [9.17, 15) is 22.8 Å². The van der Waals surface area contributed by atoms with Gasteiger partial charge in [0.2, 0.25) is 5.91 Å². The van der Waals surface area contributed by atoms with E-state index < -0.39 is 17.8 Å². The molecular formula is C31H42F3N5O3. The molecule has 0 unspecified atom stereocenters. The van der Waals surface area contributed by atoms with Crippen LogP contribution in [0.15, 0.2) is 82.4 Å². The maximum Gasteiger partial charge on any atom is 0.435 e. The second-order valence-corrected chi connectivity index (χ2v) is 9.47. The average molecular weight is 590 g/mol. The molecule has 8 nitrogen and oxygen atoms in total. The fraction of sp³-hybridized carbons (Fsp3) is 0.419. The SMILES string of the molecule is CC.CN(C)C.COc1ccc(N(C)/N=C(\C2=CC(=O)N(C3=CC=C=C(N(C)C(C)=O)C=C3)CCC2)C(F)(F)F)cc1. The van der Waals surface area contributed by atoms with E-state index in [2.05, 4.69) is 10.8 Å². The van der Waals surface area contributed by atoms with Gasteiger partial charge >= 0.3 is 6.18 Å². The number of amides is 2. The molecule has 1 heterocycles. The fourth-order valence-electron chi connectivity index (χ4n) is 3.63. The number of hydrogen-bond donors (Lipinski definition) is 0. The number of alkyl halides is 3. The predicted octanol–water partition coefficient (Wildman–Crippen LogP) is 5.77. The highest BCUT2D eigenvalue weighted by Gasteiger charge is 2.40. The zero-order valence-corrected chi connectivity index (χ0v) is 25.9. The molecule has 0 radical (unpaired) electrons. The van der Waals surface area contributed by atoms with Gasteiger partial charge in [-0.2, -0.15) is 18.3 Å². The molecule has 2 aliphatic rings. The molecule has 1 aromatic carbocycles. The third kappa shape index (κ3) is 11.1. The molecular weight excluding hydrogens is 547 g/mol. The van der Waals surface area contributed by atoms with Crippen LogP contribution in [0.4, 0.5) is 18.9 Å². The van der Waals surface area contributed by atoms with E-state index >= 15 is 0 Å². The molecule has 0 bridgehead atoms. The Kier molecular flexibility index (Phi) is 14.6. The van der Waals surface area contributed by atoms with Gasteiger partial charge in [0.15, 0.2) is 5.71 Å². The van der Waals surface area contributed by atoms with Crippen LogP contribution in [0.1, 0.15) is 33.6 Å². The van der Waals surface area contributed by atoms with Crippen molar-refractivity contribution in [1.82, 2.24) is 14.7 Å². The lowest BCUT2D eigenvalue weighted by atomic mass is 10.0. The number of carbonyl (C=O) groups excluding carboxylic acids is 2. The van der Waals surface area contributed by atoms with Gasteiger partial charge in [-0.15, -0.1) is 0 Å². The summed E-state index contributed by atoms with van der Waals surface area (Å²) in [6.45, 7) is 5.64. The van der Waals surface area contributed by atoms with Crippen LogP contribution in [0.25, 0.3) is 0 Å². The number of ether oxygens (including phenoxy) is 1. The van der Waals surface area contributed by atoms with Crippen LogP contribution in [-0.2, 0) is 9.59 Å². The number of methoxy groups -OCH3 is 1. The number of benzene rings is 1. The summed E-state index contributed by atoms with van der Waals surface area (Å²) in [5, 5.41) is 4.95. The number of carbonyl (C=O) groups is 2. The molecule has 1 aliphatic heterocycles. The van der Waals surface area contributed by atoms with Crippen molar-refractivity contribution in [2.45, 2.75) is 39.8 Å². The maximum absolute atomic E-state index is 14.0. The molecule has 0 spiro atoms. The molecule has 42 heavy (non-hydrogen) atoms. The van der Waals surface area contributed by atoms with Gasteiger partial charge in [-0.05, 0) is 88.1 Å². The molecule has 0 aromatic heterocycles. The topological polar surface area (TPSA) is 68.7 Å². The molecule has 1 aliphatic carbocycles. The summed E-state index contributed by atoms with van der Waals surface area (Å²) in [7, 11) is 10.5. The van der Waals surface area contributed by atoms with E-state index in [1.807, 2.05) is 39.9 Å². The van der Waals surface area contributed by atoms with E-state index in [1.165, 1.54) is 30.9 Å². The number of hydrazone groups is 1. The van der Waals surface area contributed by atoms with E-state index in [-0.39, 0.29) is 24.4 Å². The van der Waals surface area contributed by atoms with Gasteiger partial charge in [0.1, 0.15) is 5.75 Å². The molecule has 1 aromatic rings. The smallest absolute Gasteiger partial charge is 0.435 e. The molecule has 0 saturated heterocycles. The summed E-state index contributed by atoms with van der Waals surface area (Å²) < 4.78 is 47.2. The first-order chi connectivity index (χ1) is 19.7. The highest BCUT2D eigenvalue weighted by molar-refractivity contribution is 6.09. The minimum Gasteiger partial charge on any atom is -0.497 e. The zero-order valence-electron chi connectivity index (χ0n) is 25.9. The molecule has 0 saturated carbocycles. The second kappa shape index (κ2) is 17.0. The van der Waals surface area contributed by atoms with E-state index in [0.717, 1.165) is 11.1 Å². The lowest BCUT2D eigenvalue weighted by Gasteiger charge is -2.20. The molecule has 0 fully saturated rings. The number of halogens is 3. The third-order valence-corrected chi connectivity index (χ3v) is 5.70. The Hall–Kier alpha value is -4.08. The Morgan fingerprint density at radius 1 is 1.05 bits per heavy atom. The van der Waals surface area contributed by atoms with E-state index in [4.69, 9.17) is 4.74 Å². The minimum atomic E-state index is -4.76. The van der Waals surface area contributed by atoms with Crippen molar-refractivity contribution in [3.05, 3.63) is 77.3 Å². The van der Waals surface area contributed by atoms with Crippen molar-refractivity contribution in [2.24, 2.45) is 5.10 Å². The first-order valence-corrected chi connectivity index (χ1v) is 13.5. The lowest BCUT2D eigenvalue weighted by molar-refractivity contribution is -0.126. The van der Waals surface area contributed by atoms with Crippen molar-refractivity contribution < 1.29 is 27.5 Å². The maximum atomic E-state index is 14.0. The van der Waals surface area contributed by atoms with Gasteiger partial charge in [0.25, 0.3) is 5.91 Å². The molecule has 0 atom stereocenters. The zero-order chi connectivity index (χ0) is 32.0. The van der Waals surface area contributed by atoms with Crippen molar-refractivity contribution in [1.29, 1.82) is 0 Å². The quantitative estimate of drug-likeness (QED) is 0.239. The summed E-state index contributed by atoms with van der Waals surface area (Å²) in [4.78, 5) is 29.5. The fourth-order valence-corrected chi connectivity index (χ4v) is 3.63. The first-order valence-electron chi connectivity index (χ1n) is 13.5. The van der Waals surface area contributed by atoms with Crippen molar-refractivity contribution in [3.63, 3.8) is 0 Å². The Morgan fingerprint density at radius 3 is 2.17 bits per heavy atom. The highest BCUT2D eigenvalue weighted by atomic mass is 19.4. The number of likely N-dealkylation sites (N-methyl/N-ethyl adjacent to an activating group) is 1. The molecule has 230 valence electrons. The normalized spacial score (nSPS) is 15.2. The summed E-state index contributed by atoms with van der Waals surface area (Å²) >= 11 is 0. The molecule has 2 amide bonds. The summed E-state index contributed by atoms with van der Waals surface area (Å²) in [5.41, 5.74) is 3.07. The highest BCUT2D eigenvalue weighted by Crippen LogP contribution is 2.29. The number of nitrogens with zero attached hydrogens (tertiary/aromatic N) is 5. The van der Waals surface area contributed by atoms with Crippen LogP contribution >= 0.6 is 0 Å². The largest absolute Gasteiger partial charge is 0.497 e. The first kappa shape index (κ1) is 35.9. The van der Waals surface area contributed by atoms with Gasteiger partial charge in [-0.1, -0.05) is 19.6 Å². The predicted molar refractivity (Wildman–Crippen MR) is 162 cm³/mol. The van der Waals surface area contributed by atoms with Crippen LogP contribution in [0.5, 0.6) is 5.75 Å². The van der Waals surface area contributed by atoms with Gasteiger partial charge in [0.05, 0.1) is 18.5 Å². The summed E-state index contributed by atoms with van der Waals surface area (Å²) in [5.74, 6) is -0.202. The molecule has 3 rings (SSSR count). The minimum absolute atomic E-state index is 0.0282. The molecule has 11 heteroatoms. The van der Waals surface area contributed by atoms with Crippen LogP contribution < -0.4 is 9.75 Å². The number of rotatable bonds is 6. The number of anilines is 1. The van der Waals surface area contributed by atoms with Crippen LogP contribution in [0.2, 0.25) is 0 Å². The summed E-state index contributed by atoms with van der Waals surface area (Å²) in [6, 6.07) is 6.43.